The van der Waals surface area contributed by atoms with E-state index in [1.165, 1.54) is 12.8 Å². The Hall–Kier alpha value is -1.55. The van der Waals surface area contributed by atoms with Gasteiger partial charge >= 0.3 is 0 Å². The molecule has 0 spiro atoms. The minimum atomic E-state index is -0.118. The van der Waals surface area contributed by atoms with Gasteiger partial charge in [0.25, 0.3) is 5.91 Å². The summed E-state index contributed by atoms with van der Waals surface area (Å²) in [7, 11) is 1.78. The molecular weight excluding hydrogens is 228 g/mol. The molecule has 1 aromatic carbocycles. The number of benzene rings is 1. The standard InChI is InChI=1S/C14H20N2O2/c1-15(10-11-16-8-4-5-9-16)14(18)12-6-2-3-7-13(12)17/h2-3,6-7,17H,4-5,8-11H2,1H3. The Morgan fingerprint density at radius 2 is 2.00 bits per heavy atom. The molecule has 0 atom stereocenters. The first-order valence-electron chi connectivity index (χ1n) is 6.44. The molecule has 1 N–H and O–H groups in total. The second-order valence-electron chi connectivity index (χ2n) is 4.79. The molecule has 1 heterocycles. The van der Waals surface area contributed by atoms with E-state index < -0.39 is 0 Å². The second kappa shape index (κ2) is 5.87. The van der Waals surface area contributed by atoms with Gasteiger partial charge in [0.2, 0.25) is 0 Å². The second-order valence-corrected chi connectivity index (χ2v) is 4.79. The van der Waals surface area contributed by atoms with Crippen molar-refractivity contribution in [2.75, 3.05) is 33.2 Å². The number of rotatable bonds is 4. The van der Waals surface area contributed by atoms with Gasteiger partial charge in [-0.15, -0.1) is 0 Å². The van der Waals surface area contributed by atoms with Gasteiger partial charge in [-0.05, 0) is 38.1 Å². The lowest BCUT2D eigenvalue weighted by Gasteiger charge is -2.21. The predicted molar refractivity (Wildman–Crippen MR) is 70.7 cm³/mol. The molecule has 98 valence electrons. The number of phenolic OH excluding ortho intramolecular Hbond substituents is 1. The average molecular weight is 248 g/mol. The third kappa shape index (κ3) is 3.01. The number of nitrogens with zero attached hydrogens (tertiary/aromatic N) is 2. The van der Waals surface area contributed by atoms with Gasteiger partial charge in [0, 0.05) is 20.1 Å². The molecule has 2 rings (SSSR count). The summed E-state index contributed by atoms with van der Waals surface area (Å²) >= 11 is 0. The Morgan fingerprint density at radius 1 is 1.33 bits per heavy atom. The van der Waals surface area contributed by atoms with Crippen molar-refractivity contribution in [2.45, 2.75) is 12.8 Å². The number of phenols is 1. The van der Waals surface area contributed by atoms with Crippen LogP contribution < -0.4 is 0 Å². The third-order valence-electron chi connectivity index (χ3n) is 3.43. The highest BCUT2D eigenvalue weighted by Crippen LogP contribution is 2.17. The number of likely N-dealkylation sites (N-methyl/N-ethyl adjacent to an activating group) is 1. The van der Waals surface area contributed by atoms with E-state index in [1.807, 2.05) is 0 Å². The summed E-state index contributed by atoms with van der Waals surface area (Å²) < 4.78 is 0. The van der Waals surface area contributed by atoms with Gasteiger partial charge in [-0.2, -0.15) is 0 Å². The van der Waals surface area contributed by atoms with Crippen molar-refractivity contribution in [3.05, 3.63) is 29.8 Å². The number of aromatic hydroxyl groups is 1. The number of amides is 1. The third-order valence-corrected chi connectivity index (χ3v) is 3.43. The zero-order valence-electron chi connectivity index (χ0n) is 10.8. The largest absolute Gasteiger partial charge is 0.507 e. The monoisotopic (exact) mass is 248 g/mol. The van der Waals surface area contributed by atoms with E-state index in [9.17, 15) is 9.90 Å². The fourth-order valence-corrected chi connectivity index (χ4v) is 2.26. The van der Waals surface area contributed by atoms with E-state index in [2.05, 4.69) is 4.90 Å². The lowest BCUT2D eigenvalue weighted by molar-refractivity contribution is 0.0779. The fraction of sp³-hybridized carbons (Fsp3) is 0.500. The Bertz CT molecular complexity index is 414. The summed E-state index contributed by atoms with van der Waals surface area (Å²) in [6, 6.07) is 6.68. The first kappa shape index (κ1) is 12.9. The lowest BCUT2D eigenvalue weighted by atomic mass is 10.2. The quantitative estimate of drug-likeness (QED) is 0.879. The molecule has 18 heavy (non-hydrogen) atoms. The van der Waals surface area contributed by atoms with Crippen LogP contribution in [0.1, 0.15) is 23.2 Å². The molecule has 1 fully saturated rings. The molecule has 0 radical (unpaired) electrons. The van der Waals surface area contributed by atoms with E-state index in [-0.39, 0.29) is 11.7 Å². The van der Waals surface area contributed by atoms with E-state index in [1.54, 1.807) is 36.2 Å². The molecule has 0 bridgehead atoms. The molecule has 1 aliphatic rings. The van der Waals surface area contributed by atoms with Crippen LogP contribution in [0.3, 0.4) is 0 Å². The van der Waals surface area contributed by atoms with Crippen LogP contribution >= 0.6 is 0 Å². The minimum Gasteiger partial charge on any atom is -0.507 e. The van der Waals surface area contributed by atoms with Crippen LogP contribution in [0.25, 0.3) is 0 Å². The van der Waals surface area contributed by atoms with Crippen molar-refractivity contribution in [1.29, 1.82) is 0 Å². The number of carbonyl (C=O) groups excluding carboxylic acids is 1. The maximum Gasteiger partial charge on any atom is 0.257 e. The van der Waals surface area contributed by atoms with Gasteiger partial charge in [-0.1, -0.05) is 12.1 Å². The van der Waals surface area contributed by atoms with Gasteiger partial charge in [0.1, 0.15) is 5.75 Å². The Morgan fingerprint density at radius 3 is 2.67 bits per heavy atom. The summed E-state index contributed by atoms with van der Waals surface area (Å²) in [5.74, 6) is -0.0668. The Labute approximate surface area is 108 Å². The summed E-state index contributed by atoms with van der Waals surface area (Å²) in [5, 5.41) is 9.65. The van der Waals surface area contributed by atoms with Crippen LogP contribution in [0.2, 0.25) is 0 Å². The predicted octanol–water partition coefficient (Wildman–Crippen LogP) is 1.56. The van der Waals surface area contributed by atoms with Crippen LogP contribution in [0, 0.1) is 0 Å². The first-order valence-corrected chi connectivity index (χ1v) is 6.44. The number of hydrogen-bond acceptors (Lipinski definition) is 3. The Balaban J connectivity index is 1.90. The molecule has 1 saturated heterocycles. The summed E-state index contributed by atoms with van der Waals surface area (Å²) in [6.07, 6.45) is 2.52. The van der Waals surface area contributed by atoms with Gasteiger partial charge in [-0.25, -0.2) is 0 Å². The van der Waals surface area contributed by atoms with Crippen LogP contribution in [0.4, 0.5) is 0 Å². The molecule has 4 heteroatoms. The van der Waals surface area contributed by atoms with Crippen molar-refractivity contribution in [1.82, 2.24) is 9.80 Å². The molecule has 0 aliphatic carbocycles. The highest BCUT2D eigenvalue weighted by atomic mass is 16.3. The normalized spacial score (nSPS) is 15.8. The molecule has 4 nitrogen and oxygen atoms in total. The summed E-state index contributed by atoms with van der Waals surface area (Å²) in [6.45, 7) is 3.89. The number of likely N-dealkylation sites (tertiary alicyclic amines) is 1. The van der Waals surface area contributed by atoms with Crippen LogP contribution in [0.5, 0.6) is 5.75 Å². The topological polar surface area (TPSA) is 43.8 Å². The van der Waals surface area contributed by atoms with E-state index in [0.717, 1.165) is 19.6 Å². The van der Waals surface area contributed by atoms with Crippen molar-refractivity contribution in [3.63, 3.8) is 0 Å². The Kier molecular flexibility index (Phi) is 4.20. The molecule has 1 amide bonds. The van der Waals surface area contributed by atoms with Crippen LogP contribution in [0.15, 0.2) is 24.3 Å². The van der Waals surface area contributed by atoms with E-state index in [4.69, 9.17) is 0 Å². The molecule has 0 aromatic heterocycles. The highest BCUT2D eigenvalue weighted by Gasteiger charge is 2.17. The van der Waals surface area contributed by atoms with Crippen molar-refractivity contribution in [3.8, 4) is 5.75 Å². The van der Waals surface area contributed by atoms with E-state index >= 15 is 0 Å². The lowest BCUT2D eigenvalue weighted by Crippen LogP contribution is -2.35. The number of para-hydroxylation sites is 1. The zero-order chi connectivity index (χ0) is 13.0. The number of hydrogen-bond donors (Lipinski definition) is 1. The molecular formula is C14H20N2O2. The first-order chi connectivity index (χ1) is 8.68. The summed E-state index contributed by atoms with van der Waals surface area (Å²) in [5.41, 5.74) is 0.376. The smallest absolute Gasteiger partial charge is 0.257 e. The highest BCUT2D eigenvalue weighted by molar-refractivity contribution is 5.96. The van der Waals surface area contributed by atoms with Gasteiger partial charge < -0.3 is 14.9 Å². The molecule has 1 aromatic rings. The van der Waals surface area contributed by atoms with Crippen molar-refractivity contribution < 1.29 is 9.90 Å². The SMILES string of the molecule is CN(CCN1CCCC1)C(=O)c1ccccc1O. The van der Waals surface area contributed by atoms with Crippen LogP contribution in [-0.2, 0) is 0 Å². The summed E-state index contributed by atoms with van der Waals surface area (Å²) in [4.78, 5) is 16.2. The maximum absolute atomic E-state index is 12.1. The number of carbonyl (C=O) groups is 1. The van der Waals surface area contributed by atoms with Crippen molar-refractivity contribution in [2.24, 2.45) is 0 Å². The van der Waals surface area contributed by atoms with E-state index in [0.29, 0.717) is 12.1 Å². The zero-order valence-corrected chi connectivity index (χ0v) is 10.8. The molecule has 1 aliphatic heterocycles. The van der Waals surface area contributed by atoms with Gasteiger partial charge in [0.15, 0.2) is 0 Å². The van der Waals surface area contributed by atoms with Gasteiger partial charge in [-0.3, -0.25) is 4.79 Å². The fourth-order valence-electron chi connectivity index (χ4n) is 2.26. The maximum atomic E-state index is 12.1. The van der Waals surface area contributed by atoms with Gasteiger partial charge in [0.05, 0.1) is 5.56 Å². The molecule has 0 saturated carbocycles. The average Bonchev–Trinajstić information content (AvgIpc) is 2.89. The van der Waals surface area contributed by atoms with Crippen molar-refractivity contribution >= 4 is 5.91 Å². The molecule has 0 unspecified atom stereocenters. The minimum absolute atomic E-state index is 0.0514. The van der Waals surface area contributed by atoms with Crippen LogP contribution in [-0.4, -0.2) is 54.0 Å².